The van der Waals surface area contributed by atoms with Gasteiger partial charge in [0.2, 0.25) is 0 Å². The summed E-state index contributed by atoms with van der Waals surface area (Å²) < 4.78 is 0.537. The summed E-state index contributed by atoms with van der Waals surface area (Å²) in [5, 5.41) is 0. The van der Waals surface area contributed by atoms with Crippen molar-refractivity contribution >= 4 is 29.3 Å². The van der Waals surface area contributed by atoms with Crippen LogP contribution in [0.4, 0.5) is 0 Å². The second-order valence-electron chi connectivity index (χ2n) is 2.88. The van der Waals surface area contributed by atoms with Crippen LogP contribution in [0, 0.1) is 0 Å². The SMILES string of the molecule is [N-]=[N+]=C1C=CC2=C(C1)C(=O)N(Cl)C2=O. The number of halogens is 1. The van der Waals surface area contributed by atoms with Gasteiger partial charge in [0.1, 0.15) is 0 Å². The zero-order valence-electron chi connectivity index (χ0n) is 6.90. The van der Waals surface area contributed by atoms with E-state index in [4.69, 9.17) is 17.3 Å². The highest BCUT2D eigenvalue weighted by molar-refractivity contribution is 6.40. The molecule has 0 aromatic rings. The van der Waals surface area contributed by atoms with E-state index < -0.39 is 11.8 Å². The van der Waals surface area contributed by atoms with Crippen molar-refractivity contribution in [3.63, 3.8) is 0 Å². The molecule has 0 unspecified atom stereocenters. The second-order valence-corrected chi connectivity index (χ2v) is 3.22. The summed E-state index contributed by atoms with van der Waals surface area (Å²) in [6, 6.07) is 0. The van der Waals surface area contributed by atoms with Crippen LogP contribution in [0.2, 0.25) is 0 Å². The molecule has 0 aromatic heterocycles. The number of amides is 2. The molecule has 2 aliphatic rings. The maximum atomic E-state index is 11.4. The normalized spacial score (nSPS) is 20.4. The highest BCUT2D eigenvalue weighted by Gasteiger charge is 2.39. The maximum absolute atomic E-state index is 11.4. The van der Waals surface area contributed by atoms with Crippen molar-refractivity contribution < 1.29 is 14.4 Å². The summed E-state index contributed by atoms with van der Waals surface area (Å²) in [5.74, 6) is -1.07. The van der Waals surface area contributed by atoms with Crippen LogP contribution in [0.15, 0.2) is 23.3 Å². The third-order valence-corrected chi connectivity index (χ3v) is 2.41. The van der Waals surface area contributed by atoms with Crippen molar-refractivity contribution in [1.29, 1.82) is 0 Å². The highest BCUT2D eigenvalue weighted by Crippen LogP contribution is 2.28. The second kappa shape index (κ2) is 2.90. The Balaban J connectivity index is 2.50. The van der Waals surface area contributed by atoms with Crippen LogP contribution >= 0.6 is 11.8 Å². The van der Waals surface area contributed by atoms with Gasteiger partial charge >= 0.3 is 0 Å². The lowest BCUT2D eigenvalue weighted by Crippen LogP contribution is -2.21. The van der Waals surface area contributed by atoms with Gasteiger partial charge in [-0.15, -0.1) is 0 Å². The molecule has 0 saturated heterocycles. The molecule has 0 atom stereocenters. The van der Waals surface area contributed by atoms with E-state index in [0.717, 1.165) is 0 Å². The average molecular weight is 210 g/mol. The minimum atomic E-state index is -0.544. The molecule has 2 amide bonds. The van der Waals surface area contributed by atoms with Gasteiger partial charge in [-0.2, -0.15) is 9.21 Å². The first kappa shape index (κ1) is 8.87. The molecule has 0 N–H and O–H groups in total. The molecule has 1 heterocycles. The van der Waals surface area contributed by atoms with Gasteiger partial charge in [0.05, 0.1) is 12.0 Å². The van der Waals surface area contributed by atoms with E-state index in [1.54, 1.807) is 0 Å². The van der Waals surface area contributed by atoms with Crippen LogP contribution in [0.5, 0.6) is 0 Å². The minimum absolute atomic E-state index is 0.135. The van der Waals surface area contributed by atoms with Crippen LogP contribution in [0.3, 0.4) is 0 Å². The highest BCUT2D eigenvalue weighted by atomic mass is 35.5. The summed E-state index contributed by atoms with van der Waals surface area (Å²) in [5.41, 5.74) is 9.38. The van der Waals surface area contributed by atoms with Crippen LogP contribution in [0.25, 0.3) is 5.53 Å². The first-order valence-electron chi connectivity index (χ1n) is 3.82. The van der Waals surface area contributed by atoms with Gasteiger partial charge in [-0.1, -0.05) is 0 Å². The first-order chi connectivity index (χ1) is 6.65. The van der Waals surface area contributed by atoms with Gasteiger partial charge in [0.15, 0.2) is 0 Å². The lowest BCUT2D eigenvalue weighted by molar-refractivity contribution is -0.131. The predicted molar refractivity (Wildman–Crippen MR) is 47.1 cm³/mol. The Labute approximate surface area is 84.0 Å². The van der Waals surface area contributed by atoms with E-state index in [1.807, 2.05) is 0 Å². The van der Waals surface area contributed by atoms with Crippen LogP contribution in [-0.4, -0.2) is 26.7 Å². The third kappa shape index (κ3) is 1.04. The molecule has 0 spiro atoms. The Kier molecular flexibility index (Phi) is 1.84. The van der Waals surface area contributed by atoms with Gasteiger partial charge in [-0.05, 0) is 6.08 Å². The van der Waals surface area contributed by atoms with Gasteiger partial charge < -0.3 is 5.53 Å². The van der Waals surface area contributed by atoms with Crippen molar-refractivity contribution in [2.45, 2.75) is 6.42 Å². The Morgan fingerprint density at radius 2 is 2.07 bits per heavy atom. The zero-order chi connectivity index (χ0) is 10.3. The van der Waals surface area contributed by atoms with Gasteiger partial charge in [-0.25, -0.2) is 0 Å². The topological polar surface area (TPSA) is 73.8 Å². The number of carbonyl (C=O) groups excluding carboxylic acids is 2. The lowest BCUT2D eigenvalue weighted by atomic mass is 9.98. The van der Waals surface area contributed by atoms with E-state index in [-0.39, 0.29) is 17.6 Å². The van der Waals surface area contributed by atoms with Crippen molar-refractivity contribution in [3.8, 4) is 0 Å². The number of rotatable bonds is 0. The van der Waals surface area contributed by atoms with Gasteiger partial charge in [0.25, 0.3) is 17.5 Å². The molecule has 0 bridgehead atoms. The molecule has 1 aliphatic heterocycles. The summed E-state index contributed by atoms with van der Waals surface area (Å²) in [4.78, 5) is 25.6. The Bertz CT molecular complexity index is 457. The van der Waals surface area contributed by atoms with E-state index in [1.165, 1.54) is 12.2 Å². The monoisotopic (exact) mass is 209 g/mol. The van der Waals surface area contributed by atoms with Crippen LogP contribution in [-0.2, 0) is 9.59 Å². The van der Waals surface area contributed by atoms with E-state index >= 15 is 0 Å². The standard InChI is InChI=1S/C8H4ClN3O2/c9-12-7(13)5-2-1-4(11-10)3-6(5)8(12)14/h1-2H,3H2. The molecule has 0 saturated carbocycles. The summed E-state index contributed by atoms with van der Waals surface area (Å²) >= 11 is 5.44. The number of allylic oxidation sites excluding steroid dienone is 1. The fraction of sp³-hybridized carbons (Fsp3) is 0.125. The van der Waals surface area contributed by atoms with Crippen molar-refractivity contribution in [1.82, 2.24) is 4.42 Å². The zero-order valence-corrected chi connectivity index (χ0v) is 7.65. The van der Waals surface area contributed by atoms with E-state index in [0.29, 0.717) is 10.1 Å². The third-order valence-electron chi connectivity index (χ3n) is 2.10. The maximum Gasteiger partial charge on any atom is 0.296 e. The summed E-state index contributed by atoms with van der Waals surface area (Å²) in [6.45, 7) is 0. The Morgan fingerprint density at radius 3 is 2.71 bits per heavy atom. The number of nitrogens with zero attached hydrogens (tertiary/aromatic N) is 3. The van der Waals surface area contributed by atoms with Crippen molar-refractivity contribution in [3.05, 3.63) is 28.8 Å². The minimum Gasteiger partial charge on any atom is -0.361 e. The number of hydrogen-bond donors (Lipinski definition) is 0. The Morgan fingerprint density at radius 1 is 1.36 bits per heavy atom. The molecule has 1 aliphatic carbocycles. The summed E-state index contributed by atoms with van der Waals surface area (Å²) in [7, 11) is 0. The largest absolute Gasteiger partial charge is 0.361 e. The smallest absolute Gasteiger partial charge is 0.296 e. The number of hydrogen-bond acceptors (Lipinski definition) is 2. The molecule has 0 fully saturated rings. The van der Waals surface area contributed by atoms with E-state index in [2.05, 4.69) is 4.79 Å². The molecule has 6 heteroatoms. The molecular formula is C8H4ClN3O2. The van der Waals surface area contributed by atoms with Crippen LogP contribution < -0.4 is 0 Å². The Hall–Kier alpha value is -1.71. The molecule has 2 rings (SSSR count). The molecule has 0 aromatic carbocycles. The van der Waals surface area contributed by atoms with Gasteiger partial charge in [-0.3, -0.25) is 9.59 Å². The number of imide groups is 1. The van der Waals surface area contributed by atoms with E-state index in [9.17, 15) is 9.59 Å². The lowest BCUT2D eigenvalue weighted by Gasteiger charge is -2.00. The molecule has 14 heavy (non-hydrogen) atoms. The average Bonchev–Trinajstić information content (AvgIpc) is 2.44. The van der Waals surface area contributed by atoms with Crippen LogP contribution in [0.1, 0.15) is 6.42 Å². The quantitative estimate of drug-likeness (QED) is 0.251. The van der Waals surface area contributed by atoms with Gasteiger partial charge in [0, 0.05) is 23.4 Å². The molecule has 0 radical (unpaired) electrons. The molecular weight excluding hydrogens is 206 g/mol. The molecule has 70 valence electrons. The predicted octanol–water partition coefficient (Wildman–Crippen LogP) is 0.436. The fourth-order valence-corrected chi connectivity index (χ4v) is 1.58. The van der Waals surface area contributed by atoms with Crippen molar-refractivity contribution in [2.24, 2.45) is 0 Å². The first-order valence-corrected chi connectivity index (χ1v) is 4.15. The summed E-state index contributed by atoms with van der Waals surface area (Å²) in [6.07, 6.45) is 3.03. The molecule has 5 nitrogen and oxygen atoms in total. The van der Waals surface area contributed by atoms with Crippen molar-refractivity contribution in [2.75, 3.05) is 0 Å². The number of carbonyl (C=O) groups is 2. The fourth-order valence-electron chi connectivity index (χ4n) is 1.39.